The van der Waals surface area contributed by atoms with E-state index in [0.717, 1.165) is 0 Å². The van der Waals surface area contributed by atoms with Crippen molar-refractivity contribution in [1.29, 1.82) is 5.26 Å². The zero-order chi connectivity index (χ0) is 22.0. The molecule has 164 valence electrons. The average Bonchev–Trinajstić information content (AvgIpc) is 3.28. The Morgan fingerprint density at radius 1 is 0.968 bits per heavy atom. The van der Waals surface area contributed by atoms with Gasteiger partial charge in [0.1, 0.15) is 16.4 Å². The number of rotatable bonds is 5. The molecular weight excluding hydrogens is 457 g/mol. The Balaban J connectivity index is 1.60. The number of piperazine rings is 1. The van der Waals surface area contributed by atoms with Crippen LogP contribution in [0.2, 0.25) is 10.0 Å². The SMILES string of the molecule is N#Cc1ccc(Oc2cc(Cl)cc(Cl)c2)c(S(=O)(=O)N2CCN(C3CCCC3)CC2)c1. The van der Waals surface area contributed by atoms with Crippen molar-refractivity contribution in [3.8, 4) is 17.6 Å². The molecule has 0 N–H and O–H groups in total. The number of sulfonamides is 1. The van der Waals surface area contributed by atoms with Gasteiger partial charge in [0.25, 0.3) is 0 Å². The second kappa shape index (κ2) is 9.35. The summed E-state index contributed by atoms with van der Waals surface area (Å²) in [6.45, 7) is 2.25. The number of hydrogen-bond acceptors (Lipinski definition) is 5. The molecule has 0 unspecified atom stereocenters. The molecule has 2 aliphatic rings. The summed E-state index contributed by atoms with van der Waals surface area (Å²) in [5.41, 5.74) is 0.250. The zero-order valence-electron chi connectivity index (χ0n) is 16.9. The van der Waals surface area contributed by atoms with Gasteiger partial charge in [0.2, 0.25) is 10.0 Å². The van der Waals surface area contributed by atoms with Gasteiger partial charge in [-0.25, -0.2) is 8.42 Å². The van der Waals surface area contributed by atoms with Gasteiger partial charge >= 0.3 is 0 Å². The van der Waals surface area contributed by atoms with Crippen LogP contribution in [0.5, 0.6) is 11.5 Å². The molecule has 1 aliphatic heterocycles. The van der Waals surface area contributed by atoms with Crippen molar-refractivity contribution in [2.75, 3.05) is 26.2 Å². The first-order chi connectivity index (χ1) is 14.9. The Hall–Kier alpha value is -1.82. The van der Waals surface area contributed by atoms with E-state index in [1.807, 2.05) is 6.07 Å². The van der Waals surface area contributed by atoms with Gasteiger partial charge < -0.3 is 4.74 Å². The lowest BCUT2D eigenvalue weighted by molar-refractivity contribution is 0.139. The number of nitrogens with zero attached hydrogens (tertiary/aromatic N) is 3. The molecule has 9 heteroatoms. The van der Waals surface area contributed by atoms with E-state index in [-0.39, 0.29) is 16.2 Å². The fraction of sp³-hybridized carbons (Fsp3) is 0.409. The maximum atomic E-state index is 13.5. The summed E-state index contributed by atoms with van der Waals surface area (Å²) in [5, 5.41) is 10.1. The van der Waals surface area contributed by atoms with Crippen LogP contribution in [-0.2, 0) is 10.0 Å². The van der Waals surface area contributed by atoms with Crippen molar-refractivity contribution in [2.24, 2.45) is 0 Å². The van der Waals surface area contributed by atoms with Gasteiger partial charge in [-0.15, -0.1) is 0 Å². The van der Waals surface area contributed by atoms with E-state index in [0.29, 0.717) is 48.0 Å². The highest BCUT2D eigenvalue weighted by Gasteiger charge is 2.34. The van der Waals surface area contributed by atoms with Crippen molar-refractivity contribution >= 4 is 33.2 Å². The van der Waals surface area contributed by atoms with Crippen molar-refractivity contribution in [3.05, 3.63) is 52.0 Å². The molecule has 0 radical (unpaired) electrons. The summed E-state index contributed by atoms with van der Waals surface area (Å²) in [5.74, 6) is 0.459. The summed E-state index contributed by atoms with van der Waals surface area (Å²) < 4.78 is 34.3. The van der Waals surface area contributed by atoms with E-state index in [1.165, 1.54) is 48.2 Å². The Labute approximate surface area is 193 Å². The van der Waals surface area contributed by atoms with Crippen molar-refractivity contribution in [2.45, 2.75) is 36.6 Å². The third-order valence-corrected chi connectivity index (χ3v) is 8.23. The zero-order valence-corrected chi connectivity index (χ0v) is 19.3. The third kappa shape index (κ3) is 5.00. The Kier molecular flexibility index (Phi) is 6.75. The fourth-order valence-electron chi connectivity index (χ4n) is 4.30. The molecule has 4 rings (SSSR count). The molecule has 1 saturated carbocycles. The van der Waals surface area contributed by atoms with Gasteiger partial charge in [-0.1, -0.05) is 36.0 Å². The van der Waals surface area contributed by atoms with E-state index in [2.05, 4.69) is 4.90 Å². The summed E-state index contributed by atoms with van der Waals surface area (Å²) in [6, 6.07) is 11.6. The number of benzene rings is 2. The summed E-state index contributed by atoms with van der Waals surface area (Å²) in [4.78, 5) is 2.37. The van der Waals surface area contributed by atoms with Crippen LogP contribution in [0.15, 0.2) is 41.3 Å². The maximum absolute atomic E-state index is 13.5. The van der Waals surface area contributed by atoms with Gasteiger partial charge in [-0.05, 0) is 49.2 Å². The quantitative estimate of drug-likeness (QED) is 0.608. The predicted octanol–water partition coefficient (Wildman–Crippen LogP) is 4.91. The highest BCUT2D eigenvalue weighted by Crippen LogP contribution is 2.35. The Morgan fingerprint density at radius 2 is 1.61 bits per heavy atom. The highest BCUT2D eigenvalue weighted by atomic mass is 35.5. The van der Waals surface area contributed by atoms with Crippen LogP contribution in [0.4, 0.5) is 0 Å². The van der Waals surface area contributed by atoms with Crippen LogP contribution in [0.1, 0.15) is 31.2 Å². The average molecular weight is 480 g/mol. The largest absolute Gasteiger partial charge is 0.456 e. The first-order valence-corrected chi connectivity index (χ1v) is 12.5. The third-order valence-electron chi connectivity index (χ3n) is 5.87. The number of hydrogen-bond donors (Lipinski definition) is 0. The molecule has 0 bridgehead atoms. The van der Waals surface area contributed by atoms with E-state index in [9.17, 15) is 13.7 Å². The topological polar surface area (TPSA) is 73.6 Å². The molecule has 1 saturated heterocycles. The second-order valence-corrected chi connectivity index (χ2v) is 10.6. The molecule has 0 spiro atoms. The highest BCUT2D eigenvalue weighted by molar-refractivity contribution is 7.89. The maximum Gasteiger partial charge on any atom is 0.246 e. The van der Waals surface area contributed by atoms with Crippen LogP contribution in [0.3, 0.4) is 0 Å². The number of ether oxygens (including phenoxy) is 1. The molecule has 2 aromatic carbocycles. The molecule has 1 heterocycles. The first-order valence-electron chi connectivity index (χ1n) is 10.3. The lowest BCUT2D eigenvalue weighted by atomic mass is 10.2. The minimum atomic E-state index is -3.85. The molecule has 0 atom stereocenters. The lowest BCUT2D eigenvalue weighted by Crippen LogP contribution is -2.51. The van der Waals surface area contributed by atoms with Crippen LogP contribution in [0.25, 0.3) is 0 Å². The minimum Gasteiger partial charge on any atom is -0.456 e. The van der Waals surface area contributed by atoms with Gasteiger partial charge in [0, 0.05) is 42.3 Å². The summed E-state index contributed by atoms with van der Waals surface area (Å²) in [7, 11) is -3.85. The molecule has 6 nitrogen and oxygen atoms in total. The molecule has 1 aliphatic carbocycles. The molecule has 31 heavy (non-hydrogen) atoms. The normalized spacial score (nSPS) is 18.7. The van der Waals surface area contributed by atoms with E-state index < -0.39 is 10.0 Å². The fourth-order valence-corrected chi connectivity index (χ4v) is 6.36. The Bertz CT molecular complexity index is 1080. The van der Waals surface area contributed by atoms with E-state index in [1.54, 1.807) is 18.2 Å². The molecule has 2 aromatic rings. The van der Waals surface area contributed by atoms with Crippen LogP contribution in [0, 0.1) is 11.3 Å². The van der Waals surface area contributed by atoms with Crippen molar-refractivity contribution in [3.63, 3.8) is 0 Å². The number of nitriles is 1. The van der Waals surface area contributed by atoms with Gasteiger partial charge in [-0.3, -0.25) is 4.90 Å². The monoisotopic (exact) mass is 479 g/mol. The number of halogens is 2. The molecule has 0 amide bonds. The van der Waals surface area contributed by atoms with Crippen LogP contribution in [-0.4, -0.2) is 49.8 Å². The smallest absolute Gasteiger partial charge is 0.246 e. The molecular formula is C22H23Cl2N3O3S. The first kappa shape index (κ1) is 22.4. The second-order valence-electron chi connectivity index (χ2n) is 7.86. The van der Waals surface area contributed by atoms with Crippen molar-refractivity contribution < 1.29 is 13.2 Å². The lowest BCUT2D eigenvalue weighted by Gasteiger charge is -2.37. The molecule has 0 aromatic heterocycles. The standard InChI is InChI=1S/C22H23Cl2N3O3S/c23-17-12-18(24)14-20(13-17)30-21-6-5-16(15-25)11-22(21)31(28,29)27-9-7-26(8-10-27)19-3-1-2-4-19/h5-6,11-14,19H,1-4,7-10H2. The predicted molar refractivity (Wildman–Crippen MR) is 120 cm³/mol. The molecule has 2 fully saturated rings. The minimum absolute atomic E-state index is 0.0306. The van der Waals surface area contributed by atoms with Gasteiger partial charge in [0.05, 0.1) is 11.6 Å². The van der Waals surface area contributed by atoms with Gasteiger partial charge in [0.15, 0.2) is 0 Å². The van der Waals surface area contributed by atoms with Gasteiger partial charge in [-0.2, -0.15) is 9.57 Å². The van der Waals surface area contributed by atoms with Crippen molar-refractivity contribution in [1.82, 2.24) is 9.21 Å². The van der Waals surface area contributed by atoms with E-state index in [4.69, 9.17) is 27.9 Å². The summed E-state index contributed by atoms with van der Waals surface area (Å²) in [6.07, 6.45) is 4.88. The van der Waals surface area contributed by atoms with Crippen LogP contribution < -0.4 is 4.74 Å². The summed E-state index contributed by atoms with van der Waals surface area (Å²) >= 11 is 12.1. The van der Waals surface area contributed by atoms with E-state index >= 15 is 0 Å². The Morgan fingerprint density at radius 3 is 2.23 bits per heavy atom. The van der Waals surface area contributed by atoms with Crippen LogP contribution >= 0.6 is 23.2 Å².